The van der Waals surface area contributed by atoms with Crippen LogP contribution in [0, 0.1) is 0 Å². The van der Waals surface area contributed by atoms with Crippen LogP contribution in [0.3, 0.4) is 0 Å². The lowest BCUT2D eigenvalue weighted by molar-refractivity contribution is -0.148. The zero-order valence-electron chi connectivity index (χ0n) is 19.2. The molecule has 0 unspecified atom stereocenters. The van der Waals surface area contributed by atoms with Crippen LogP contribution in [0.4, 0.5) is 4.79 Å². The van der Waals surface area contributed by atoms with Crippen molar-refractivity contribution < 1.29 is 29.3 Å². The second-order valence-electron chi connectivity index (χ2n) is 8.69. The zero-order valence-corrected chi connectivity index (χ0v) is 20.0. The van der Waals surface area contributed by atoms with Crippen LogP contribution in [0.2, 0.25) is 0 Å². The largest absolute Gasteiger partial charge is 0.480 e. The molecule has 1 aromatic heterocycles. The number of likely N-dealkylation sites (tertiary alicyclic amines) is 1. The van der Waals surface area contributed by atoms with Crippen molar-refractivity contribution >= 4 is 29.3 Å². The predicted molar refractivity (Wildman–Crippen MR) is 124 cm³/mol. The number of β-amino-alcohol motifs (C(OH)–C–C–N with tert-alkyl or cyclic N) is 1. The highest BCUT2D eigenvalue weighted by Gasteiger charge is 2.40. The molecule has 0 aliphatic carbocycles. The van der Waals surface area contributed by atoms with Crippen LogP contribution in [0.15, 0.2) is 41.9 Å². The fourth-order valence-corrected chi connectivity index (χ4v) is 3.85. The predicted octanol–water partition coefficient (Wildman–Crippen LogP) is 2.68. The first kappa shape index (κ1) is 26.3. The van der Waals surface area contributed by atoms with Crippen molar-refractivity contribution in [3.63, 3.8) is 0 Å². The molecule has 10 heteroatoms. The highest BCUT2D eigenvalue weighted by atomic mass is 32.1. The van der Waals surface area contributed by atoms with Gasteiger partial charge in [0.25, 0.3) is 0 Å². The molecule has 2 heterocycles. The third-order valence-corrected chi connectivity index (χ3v) is 5.41. The summed E-state index contributed by atoms with van der Waals surface area (Å²) in [5.41, 5.74) is 0.632. The second-order valence-corrected chi connectivity index (χ2v) is 9.67. The number of carbonyl (C=O) groups is 3. The number of carboxylic acids is 1. The maximum Gasteiger partial charge on any atom is 0.408 e. The quantitative estimate of drug-likeness (QED) is 0.604. The lowest BCUT2D eigenvalue weighted by Crippen LogP contribution is -2.51. The molecule has 1 fully saturated rings. The molecular weight excluding hydrogens is 446 g/mol. The van der Waals surface area contributed by atoms with Gasteiger partial charge in [-0.25, -0.2) is 14.6 Å². The summed E-state index contributed by atoms with van der Waals surface area (Å²) in [4.78, 5) is 40.2. The Morgan fingerprint density at radius 2 is 1.94 bits per heavy atom. The second kappa shape index (κ2) is 11.8. The standard InChI is InChI=1S/C13H22N2O6.C10H9NS/c1-7(14-12(20)21-13(2,3)4)10(17)15-6-8(16)5-9(15)11(18)19;1-2-4-9(5-3-1)8-10-11-6-7-12-10/h7-9,16H,5-6H2,1-4H3,(H,14,20)(H,18,19);1-7H,8H2/t7-,8+,9-;/m0./s1. The van der Waals surface area contributed by atoms with E-state index >= 15 is 0 Å². The average Bonchev–Trinajstić information content (AvgIpc) is 3.36. The van der Waals surface area contributed by atoms with Crippen LogP contribution in [-0.2, 0) is 20.7 Å². The molecule has 3 atom stereocenters. The number of aliphatic carboxylic acids is 1. The van der Waals surface area contributed by atoms with Gasteiger partial charge in [-0.2, -0.15) is 0 Å². The Kier molecular flexibility index (Phi) is 9.36. The number of thiazole rings is 1. The van der Waals surface area contributed by atoms with E-state index < -0.39 is 41.8 Å². The van der Waals surface area contributed by atoms with Crippen LogP contribution in [0.25, 0.3) is 0 Å². The number of aromatic nitrogens is 1. The van der Waals surface area contributed by atoms with Crippen molar-refractivity contribution in [2.24, 2.45) is 0 Å². The van der Waals surface area contributed by atoms with E-state index in [9.17, 15) is 19.5 Å². The van der Waals surface area contributed by atoms with Crippen LogP contribution >= 0.6 is 11.3 Å². The van der Waals surface area contributed by atoms with E-state index in [1.165, 1.54) is 17.5 Å². The topological polar surface area (TPSA) is 129 Å². The third-order valence-electron chi connectivity index (χ3n) is 4.63. The Morgan fingerprint density at radius 1 is 1.27 bits per heavy atom. The molecule has 180 valence electrons. The van der Waals surface area contributed by atoms with Gasteiger partial charge in [0.05, 0.1) is 11.1 Å². The molecule has 1 aliphatic rings. The van der Waals surface area contributed by atoms with Crippen LogP contribution in [-0.4, -0.2) is 68.4 Å². The maximum absolute atomic E-state index is 12.2. The number of benzene rings is 1. The Hall–Kier alpha value is -2.98. The Labute approximate surface area is 197 Å². The maximum atomic E-state index is 12.2. The molecule has 1 aromatic carbocycles. The molecule has 0 bridgehead atoms. The highest BCUT2D eigenvalue weighted by Crippen LogP contribution is 2.19. The van der Waals surface area contributed by atoms with Gasteiger partial charge in [-0.05, 0) is 33.3 Å². The van der Waals surface area contributed by atoms with Gasteiger partial charge in [-0.3, -0.25) is 4.79 Å². The Morgan fingerprint density at radius 3 is 2.48 bits per heavy atom. The summed E-state index contributed by atoms with van der Waals surface area (Å²) in [7, 11) is 0. The minimum Gasteiger partial charge on any atom is -0.480 e. The number of nitrogens with one attached hydrogen (secondary N) is 1. The van der Waals surface area contributed by atoms with Gasteiger partial charge in [0.2, 0.25) is 5.91 Å². The van der Waals surface area contributed by atoms with E-state index in [4.69, 9.17) is 9.84 Å². The van der Waals surface area contributed by atoms with Crippen molar-refractivity contribution in [2.45, 2.75) is 64.3 Å². The molecule has 3 rings (SSSR count). The summed E-state index contributed by atoms with van der Waals surface area (Å²) in [6.45, 7) is 6.45. The molecule has 0 radical (unpaired) electrons. The first-order valence-electron chi connectivity index (χ1n) is 10.6. The number of rotatable bonds is 5. The molecule has 1 saturated heterocycles. The van der Waals surface area contributed by atoms with Gasteiger partial charge >= 0.3 is 12.1 Å². The fourth-order valence-electron chi connectivity index (χ4n) is 3.20. The number of ether oxygens (including phenoxy) is 1. The first-order chi connectivity index (χ1) is 15.5. The van der Waals surface area contributed by atoms with E-state index in [0.29, 0.717) is 0 Å². The van der Waals surface area contributed by atoms with Gasteiger partial charge in [0.15, 0.2) is 0 Å². The average molecular weight is 478 g/mol. The molecule has 3 N–H and O–H groups in total. The summed E-state index contributed by atoms with van der Waals surface area (Å²) in [5, 5.41) is 24.1. The Bertz CT molecular complexity index is 914. The number of amides is 2. The van der Waals surface area contributed by atoms with Gasteiger partial charge in [-0.1, -0.05) is 30.3 Å². The molecule has 2 amide bonds. The summed E-state index contributed by atoms with van der Waals surface area (Å²) in [6, 6.07) is 8.39. The third kappa shape index (κ3) is 8.82. The smallest absolute Gasteiger partial charge is 0.408 e. The monoisotopic (exact) mass is 477 g/mol. The number of carboxylic acid groups (broad SMARTS) is 1. The van der Waals surface area contributed by atoms with E-state index in [0.717, 1.165) is 11.3 Å². The van der Waals surface area contributed by atoms with Crippen molar-refractivity contribution in [3.05, 3.63) is 52.5 Å². The summed E-state index contributed by atoms with van der Waals surface area (Å²) in [5.74, 6) is -1.74. The molecule has 0 spiro atoms. The first-order valence-corrected chi connectivity index (χ1v) is 11.5. The number of carbonyl (C=O) groups excluding carboxylic acids is 2. The highest BCUT2D eigenvalue weighted by molar-refractivity contribution is 7.09. The van der Waals surface area contributed by atoms with Gasteiger partial charge in [-0.15, -0.1) is 11.3 Å². The molecule has 1 aliphatic heterocycles. The summed E-state index contributed by atoms with van der Waals surface area (Å²) >= 11 is 1.71. The number of hydrogen-bond donors (Lipinski definition) is 3. The van der Waals surface area contributed by atoms with Crippen molar-refractivity contribution in [3.8, 4) is 0 Å². The SMILES string of the molecule is C[C@H](NC(=O)OC(C)(C)C)C(=O)N1C[C@H](O)C[C@H]1C(=O)O.c1ccc(Cc2nccs2)cc1. The summed E-state index contributed by atoms with van der Waals surface area (Å²) in [6.07, 6.45) is 1.17. The lowest BCUT2D eigenvalue weighted by Gasteiger charge is -2.26. The van der Waals surface area contributed by atoms with E-state index in [-0.39, 0.29) is 13.0 Å². The number of alkyl carbamates (subject to hydrolysis) is 1. The number of nitrogens with zero attached hydrogens (tertiary/aromatic N) is 2. The minimum absolute atomic E-state index is 0.0137. The van der Waals surface area contributed by atoms with Crippen LogP contribution in [0.5, 0.6) is 0 Å². The van der Waals surface area contributed by atoms with Crippen LogP contribution < -0.4 is 5.32 Å². The molecular formula is C23H31N3O6S. The number of aliphatic hydroxyl groups is 1. The molecule has 9 nitrogen and oxygen atoms in total. The lowest BCUT2D eigenvalue weighted by atomic mass is 10.2. The number of hydrogen-bond acceptors (Lipinski definition) is 7. The van der Waals surface area contributed by atoms with Crippen molar-refractivity contribution in [1.29, 1.82) is 0 Å². The van der Waals surface area contributed by atoms with Crippen molar-refractivity contribution in [2.75, 3.05) is 6.54 Å². The van der Waals surface area contributed by atoms with Crippen molar-refractivity contribution in [1.82, 2.24) is 15.2 Å². The molecule has 0 saturated carbocycles. The van der Waals surface area contributed by atoms with Crippen LogP contribution in [0.1, 0.15) is 44.7 Å². The molecule has 33 heavy (non-hydrogen) atoms. The summed E-state index contributed by atoms with van der Waals surface area (Å²) < 4.78 is 5.03. The van der Waals surface area contributed by atoms with Gasteiger partial charge in [0, 0.05) is 31.0 Å². The minimum atomic E-state index is -1.18. The normalized spacial score (nSPS) is 18.6. The Balaban J connectivity index is 0.000000268. The zero-order chi connectivity index (χ0) is 24.6. The van der Waals surface area contributed by atoms with Gasteiger partial charge in [0.1, 0.15) is 17.7 Å². The van der Waals surface area contributed by atoms with E-state index in [1.807, 2.05) is 17.6 Å². The number of aliphatic hydroxyl groups excluding tert-OH is 1. The van der Waals surface area contributed by atoms with E-state index in [2.05, 4.69) is 34.6 Å². The molecule has 2 aromatic rings. The van der Waals surface area contributed by atoms with E-state index in [1.54, 1.807) is 32.1 Å². The van der Waals surface area contributed by atoms with Gasteiger partial charge < -0.3 is 25.2 Å². The fraction of sp³-hybridized carbons (Fsp3) is 0.478.